The molecular weight excluding hydrogens is 280 g/mol. The maximum Gasteiger partial charge on any atom is 0.163 e. The molecule has 0 amide bonds. The zero-order valence-electron chi connectivity index (χ0n) is 13.3. The minimum atomic E-state index is -0.0753. The summed E-state index contributed by atoms with van der Waals surface area (Å²) < 4.78 is 7.91. The highest BCUT2D eigenvalue weighted by atomic mass is 16.5. The molecule has 3 rings (SSSR count). The Morgan fingerprint density at radius 3 is 3.05 bits per heavy atom. The van der Waals surface area contributed by atoms with Gasteiger partial charge >= 0.3 is 0 Å². The van der Waals surface area contributed by atoms with Gasteiger partial charge in [0.2, 0.25) is 0 Å². The maximum absolute atomic E-state index is 5.89. The molecule has 7 heteroatoms. The highest BCUT2D eigenvalue weighted by Gasteiger charge is 2.26. The predicted octanol–water partition coefficient (Wildman–Crippen LogP) is 1.79. The van der Waals surface area contributed by atoms with Crippen LogP contribution in [0.5, 0.6) is 0 Å². The predicted molar refractivity (Wildman–Crippen MR) is 82.7 cm³/mol. The fraction of sp³-hybridized carbons (Fsp3) is 0.600. The van der Waals surface area contributed by atoms with Gasteiger partial charge in [0.1, 0.15) is 24.1 Å². The van der Waals surface area contributed by atoms with Crippen LogP contribution < -0.4 is 4.90 Å². The Morgan fingerprint density at radius 1 is 1.41 bits per heavy atom. The van der Waals surface area contributed by atoms with E-state index in [0.29, 0.717) is 12.5 Å². The van der Waals surface area contributed by atoms with Crippen LogP contribution >= 0.6 is 0 Å². The van der Waals surface area contributed by atoms with Gasteiger partial charge in [-0.05, 0) is 13.0 Å². The van der Waals surface area contributed by atoms with Crippen molar-refractivity contribution in [1.29, 1.82) is 0 Å². The van der Waals surface area contributed by atoms with E-state index in [1.54, 1.807) is 6.33 Å². The van der Waals surface area contributed by atoms with Crippen molar-refractivity contribution in [1.82, 2.24) is 24.7 Å². The van der Waals surface area contributed by atoms with E-state index in [9.17, 15) is 0 Å². The van der Waals surface area contributed by atoms with Crippen molar-refractivity contribution in [3.63, 3.8) is 0 Å². The second-order valence-electron chi connectivity index (χ2n) is 5.71. The van der Waals surface area contributed by atoms with Crippen LogP contribution in [0.15, 0.2) is 18.6 Å². The molecule has 1 aliphatic rings. The Hall–Kier alpha value is -2.02. The topological polar surface area (TPSA) is 69.0 Å². The van der Waals surface area contributed by atoms with Crippen LogP contribution in [0.1, 0.15) is 44.4 Å². The van der Waals surface area contributed by atoms with Crippen LogP contribution in [0, 0.1) is 0 Å². The molecule has 22 heavy (non-hydrogen) atoms. The smallest absolute Gasteiger partial charge is 0.163 e. The molecule has 1 aliphatic heterocycles. The van der Waals surface area contributed by atoms with Gasteiger partial charge in [0.15, 0.2) is 5.82 Å². The Kier molecular flexibility index (Phi) is 4.33. The van der Waals surface area contributed by atoms with Crippen molar-refractivity contribution < 1.29 is 4.74 Å². The van der Waals surface area contributed by atoms with Crippen molar-refractivity contribution >= 4 is 5.82 Å². The molecule has 0 unspecified atom stereocenters. The number of hydrogen-bond donors (Lipinski definition) is 0. The fourth-order valence-electron chi connectivity index (χ4n) is 2.59. The summed E-state index contributed by atoms with van der Waals surface area (Å²) in [5, 5.41) is 8.21. The highest BCUT2D eigenvalue weighted by Crippen LogP contribution is 2.24. The molecule has 0 aliphatic carbocycles. The maximum atomic E-state index is 5.89. The van der Waals surface area contributed by atoms with Gasteiger partial charge in [-0.15, -0.1) is 10.2 Å². The van der Waals surface area contributed by atoms with Crippen LogP contribution in [0.2, 0.25) is 0 Å². The Balaban J connectivity index is 1.80. The van der Waals surface area contributed by atoms with Crippen molar-refractivity contribution in [2.45, 2.75) is 39.3 Å². The molecule has 0 N–H and O–H groups in total. The average Bonchev–Trinajstić information content (AvgIpc) is 3.04. The second-order valence-corrected chi connectivity index (χ2v) is 5.71. The van der Waals surface area contributed by atoms with Crippen LogP contribution in [0.25, 0.3) is 0 Å². The molecule has 2 aromatic heterocycles. The largest absolute Gasteiger partial charge is 0.366 e. The van der Waals surface area contributed by atoms with E-state index >= 15 is 0 Å². The van der Waals surface area contributed by atoms with E-state index in [1.807, 2.05) is 16.8 Å². The first kappa shape index (κ1) is 14.9. The lowest BCUT2D eigenvalue weighted by molar-refractivity contribution is 0.0313. The standard InChI is InChI=1S/C15H22N6O/c1-4-20-10-17-19-15(20)12-9-21(7-8-22-12)13-5-6-16-14(18-13)11(2)3/h5-6,10-12H,4,7-9H2,1-3H3/t12-/m1/s1. The molecule has 0 bridgehead atoms. The lowest BCUT2D eigenvalue weighted by atomic mass is 10.2. The third kappa shape index (κ3) is 2.94. The Morgan fingerprint density at radius 2 is 2.27 bits per heavy atom. The monoisotopic (exact) mass is 302 g/mol. The van der Waals surface area contributed by atoms with Crippen molar-refractivity contribution in [2.24, 2.45) is 0 Å². The number of aromatic nitrogens is 5. The summed E-state index contributed by atoms with van der Waals surface area (Å²) in [5.41, 5.74) is 0. The fourth-order valence-corrected chi connectivity index (χ4v) is 2.59. The molecule has 1 fully saturated rings. The van der Waals surface area contributed by atoms with Gasteiger partial charge in [-0.25, -0.2) is 9.97 Å². The molecule has 1 atom stereocenters. The molecule has 0 spiro atoms. The first-order valence-electron chi connectivity index (χ1n) is 7.76. The molecule has 7 nitrogen and oxygen atoms in total. The zero-order valence-corrected chi connectivity index (χ0v) is 13.3. The van der Waals surface area contributed by atoms with Crippen LogP contribution in [-0.4, -0.2) is 44.4 Å². The third-order valence-corrected chi connectivity index (χ3v) is 3.84. The van der Waals surface area contributed by atoms with Crippen molar-refractivity contribution in [3.8, 4) is 0 Å². The second kappa shape index (κ2) is 6.39. The van der Waals surface area contributed by atoms with Gasteiger partial charge in [-0.1, -0.05) is 13.8 Å². The number of nitrogens with zero attached hydrogens (tertiary/aromatic N) is 6. The van der Waals surface area contributed by atoms with Gasteiger partial charge in [0.25, 0.3) is 0 Å². The number of aryl methyl sites for hydroxylation is 1. The van der Waals surface area contributed by atoms with E-state index in [4.69, 9.17) is 4.74 Å². The zero-order chi connectivity index (χ0) is 15.5. The van der Waals surface area contributed by atoms with E-state index < -0.39 is 0 Å². The minimum Gasteiger partial charge on any atom is -0.366 e. The molecule has 0 aromatic carbocycles. The first-order chi connectivity index (χ1) is 10.7. The lowest BCUT2D eigenvalue weighted by Crippen LogP contribution is -2.39. The van der Waals surface area contributed by atoms with Gasteiger partial charge < -0.3 is 14.2 Å². The molecule has 3 heterocycles. The molecule has 0 radical (unpaired) electrons. The SMILES string of the molecule is CCn1cnnc1[C@H]1CN(c2ccnc(C(C)C)n2)CCO1. The molecule has 2 aromatic rings. The third-order valence-electron chi connectivity index (χ3n) is 3.84. The first-order valence-corrected chi connectivity index (χ1v) is 7.76. The number of hydrogen-bond acceptors (Lipinski definition) is 6. The average molecular weight is 302 g/mol. The van der Waals surface area contributed by atoms with Crippen molar-refractivity contribution in [2.75, 3.05) is 24.6 Å². The Bertz CT molecular complexity index is 626. The summed E-state index contributed by atoms with van der Waals surface area (Å²) in [7, 11) is 0. The summed E-state index contributed by atoms with van der Waals surface area (Å²) in [6.07, 6.45) is 3.50. The molecule has 118 valence electrons. The minimum absolute atomic E-state index is 0.0753. The van der Waals surface area contributed by atoms with E-state index in [2.05, 4.69) is 45.8 Å². The molecule has 0 saturated carbocycles. The number of anilines is 1. The summed E-state index contributed by atoms with van der Waals surface area (Å²) in [6, 6.07) is 1.96. The van der Waals surface area contributed by atoms with Gasteiger partial charge in [-0.3, -0.25) is 0 Å². The van der Waals surface area contributed by atoms with Crippen LogP contribution in [0.4, 0.5) is 5.82 Å². The van der Waals surface area contributed by atoms with Gasteiger partial charge in [0.05, 0.1) is 13.2 Å². The number of rotatable bonds is 4. The quantitative estimate of drug-likeness (QED) is 0.857. The number of morpholine rings is 1. The molecular formula is C15H22N6O. The van der Waals surface area contributed by atoms with Crippen LogP contribution in [0.3, 0.4) is 0 Å². The van der Waals surface area contributed by atoms with E-state index in [-0.39, 0.29) is 6.10 Å². The van der Waals surface area contributed by atoms with Gasteiger partial charge in [-0.2, -0.15) is 0 Å². The summed E-state index contributed by atoms with van der Waals surface area (Å²) in [5.74, 6) is 3.03. The summed E-state index contributed by atoms with van der Waals surface area (Å²) in [6.45, 7) is 9.33. The molecule has 1 saturated heterocycles. The Labute approximate surface area is 130 Å². The van der Waals surface area contributed by atoms with Gasteiger partial charge in [0, 0.05) is 25.2 Å². The summed E-state index contributed by atoms with van der Waals surface area (Å²) in [4.78, 5) is 11.2. The lowest BCUT2D eigenvalue weighted by Gasteiger charge is -2.33. The number of ether oxygens (including phenoxy) is 1. The highest BCUT2D eigenvalue weighted by molar-refractivity contribution is 5.38. The van der Waals surface area contributed by atoms with E-state index in [0.717, 1.165) is 37.1 Å². The normalized spacial score (nSPS) is 18.9. The van der Waals surface area contributed by atoms with Crippen LogP contribution in [-0.2, 0) is 11.3 Å². The summed E-state index contributed by atoms with van der Waals surface area (Å²) >= 11 is 0. The van der Waals surface area contributed by atoms with Crippen molar-refractivity contribution in [3.05, 3.63) is 30.2 Å². The van der Waals surface area contributed by atoms with E-state index in [1.165, 1.54) is 0 Å².